The largest absolute Gasteiger partial charge is 0.332 e. The van der Waals surface area contributed by atoms with Crippen LogP contribution in [0.3, 0.4) is 0 Å². The molecule has 0 saturated carbocycles. The summed E-state index contributed by atoms with van der Waals surface area (Å²) in [5.74, 6) is -0.323. The predicted molar refractivity (Wildman–Crippen MR) is 87.9 cm³/mol. The zero-order chi connectivity index (χ0) is 17.2. The van der Waals surface area contributed by atoms with Crippen LogP contribution in [0.5, 0.6) is 0 Å². The molecule has 4 rings (SSSR count). The molecule has 3 amide bonds. The summed E-state index contributed by atoms with van der Waals surface area (Å²) < 4.78 is 0. The number of benzene rings is 1. The molecule has 0 bridgehead atoms. The molecule has 0 aromatic heterocycles. The molecule has 6 nitrogen and oxygen atoms in total. The third-order valence-corrected chi connectivity index (χ3v) is 5.03. The molecule has 1 aromatic rings. The molecule has 1 aromatic carbocycles. The minimum atomic E-state index is -0.108. The van der Waals surface area contributed by atoms with E-state index in [4.69, 9.17) is 0 Å². The molecule has 3 atom stereocenters. The Hall–Kier alpha value is -2.37. The Labute approximate surface area is 141 Å². The van der Waals surface area contributed by atoms with Crippen molar-refractivity contribution in [2.45, 2.75) is 38.9 Å². The predicted octanol–water partition coefficient (Wildman–Crippen LogP) is 1.22. The second-order valence-corrected chi connectivity index (χ2v) is 7.22. The van der Waals surface area contributed by atoms with Crippen LogP contribution in [0.4, 0.5) is 0 Å². The van der Waals surface area contributed by atoms with Crippen molar-refractivity contribution in [3.05, 3.63) is 34.9 Å². The fourth-order valence-electron chi connectivity index (χ4n) is 3.06. The molecule has 3 heterocycles. The van der Waals surface area contributed by atoms with Crippen molar-refractivity contribution in [1.82, 2.24) is 14.7 Å². The summed E-state index contributed by atoms with van der Waals surface area (Å²) in [6.45, 7) is 8.13. The van der Waals surface area contributed by atoms with E-state index in [-0.39, 0.29) is 35.8 Å². The lowest BCUT2D eigenvalue weighted by Gasteiger charge is -2.11. The molecule has 3 aliphatic heterocycles. The lowest BCUT2D eigenvalue weighted by Crippen LogP contribution is -2.20. The van der Waals surface area contributed by atoms with Crippen molar-refractivity contribution in [3.63, 3.8) is 0 Å². The first-order valence-electron chi connectivity index (χ1n) is 8.45. The van der Waals surface area contributed by atoms with Crippen molar-refractivity contribution in [3.8, 4) is 0 Å². The molecular formula is C18H21N3O3. The van der Waals surface area contributed by atoms with Gasteiger partial charge in [0, 0.05) is 54.5 Å². The van der Waals surface area contributed by atoms with Gasteiger partial charge >= 0.3 is 0 Å². The molecule has 0 aliphatic carbocycles. The molecular weight excluding hydrogens is 306 g/mol. The van der Waals surface area contributed by atoms with Crippen LogP contribution in [-0.2, 0) is 0 Å². The Morgan fingerprint density at radius 2 is 0.875 bits per heavy atom. The lowest BCUT2D eigenvalue weighted by atomic mass is 10.0. The van der Waals surface area contributed by atoms with Gasteiger partial charge in [-0.05, 0) is 39.0 Å². The second kappa shape index (κ2) is 5.06. The van der Waals surface area contributed by atoms with Gasteiger partial charge in [0.1, 0.15) is 0 Å². The molecule has 0 spiro atoms. The van der Waals surface area contributed by atoms with E-state index in [1.807, 2.05) is 20.8 Å². The van der Waals surface area contributed by atoms with Gasteiger partial charge in [-0.2, -0.15) is 0 Å². The summed E-state index contributed by atoms with van der Waals surface area (Å²) >= 11 is 0. The maximum atomic E-state index is 12.5. The van der Waals surface area contributed by atoms with Gasteiger partial charge in [-0.15, -0.1) is 0 Å². The van der Waals surface area contributed by atoms with Gasteiger partial charge < -0.3 is 14.7 Å². The average Bonchev–Trinajstić information content (AvgIpc) is 3.47. The fourth-order valence-corrected chi connectivity index (χ4v) is 3.06. The van der Waals surface area contributed by atoms with Gasteiger partial charge in [-0.3, -0.25) is 14.4 Å². The van der Waals surface area contributed by atoms with E-state index < -0.39 is 0 Å². The van der Waals surface area contributed by atoms with E-state index in [0.29, 0.717) is 16.7 Å². The molecule has 3 saturated heterocycles. The van der Waals surface area contributed by atoms with Gasteiger partial charge in [-0.25, -0.2) is 0 Å². The first-order chi connectivity index (χ1) is 11.4. The topological polar surface area (TPSA) is 60.2 Å². The molecule has 3 fully saturated rings. The quantitative estimate of drug-likeness (QED) is 0.784. The van der Waals surface area contributed by atoms with E-state index in [0.717, 1.165) is 19.6 Å². The fraction of sp³-hybridized carbons (Fsp3) is 0.500. The molecule has 0 N–H and O–H groups in total. The van der Waals surface area contributed by atoms with Crippen LogP contribution in [0.15, 0.2) is 18.2 Å². The van der Waals surface area contributed by atoms with Gasteiger partial charge in [-0.1, -0.05) is 0 Å². The third-order valence-electron chi connectivity index (χ3n) is 5.03. The Morgan fingerprint density at radius 1 is 0.667 bits per heavy atom. The van der Waals surface area contributed by atoms with E-state index >= 15 is 0 Å². The molecule has 126 valence electrons. The van der Waals surface area contributed by atoms with E-state index in [1.54, 1.807) is 32.9 Å². The zero-order valence-electron chi connectivity index (χ0n) is 14.2. The van der Waals surface area contributed by atoms with Gasteiger partial charge in [0.05, 0.1) is 0 Å². The van der Waals surface area contributed by atoms with Crippen LogP contribution >= 0.6 is 0 Å². The van der Waals surface area contributed by atoms with Crippen LogP contribution in [-0.4, -0.2) is 70.2 Å². The SMILES string of the molecule is CC1CN1C(=O)c1cc(C(=O)N2CC2C)cc(C(=O)N2CC2C)c1. The highest BCUT2D eigenvalue weighted by Crippen LogP contribution is 2.27. The number of hydrogen-bond acceptors (Lipinski definition) is 3. The zero-order valence-corrected chi connectivity index (χ0v) is 14.2. The summed E-state index contributed by atoms with van der Waals surface area (Å²) in [7, 11) is 0. The van der Waals surface area contributed by atoms with Crippen LogP contribution in [0, 0.1) is 0 Å². The van der Waals surface area contributed by atoms with Crippen molar-refractivity contribution in [2.24, 2.45) is 0 Å². The maximum absolute atomic E-state index is 12.5. The minimum Gasteiger partial charge on any atom is -0.332 e. The molecule has 0 radical (unpaired) electrons. The highest BCUT2D eigenvalue weighted by Gasteiger charge is 2.39. The normalized spacial score (nSPS) is 27.1. The Kier molecular flexibility index (Phi) is 3.20. The lowest BCUT2D eigenvalue weighted by molar-refractivity contribution is 0.0876. The van der Waals surface area contributed by atoms with E-state index in [1.165, 1.54) is 0 Å². The number of rotatable bonds is 3. The monoisotopic (exact) mass is 327 g/mol. The van der Waals surface area contributed by atoms with E-state index in [2.05, 4.69) is 0 Å². The number of nitrogens with zero attached hydrogens (tertiary/aromatic N) is 3. The smallest absolute Gasteiger partial charge is 0.254 e. The van der Waals surface area contributed by atoms with Crippen molar-refractivity contribution in [2.75, 3.05) is 19.6 Å². The van der Waals surface area contributed by atoms with Gasteiger partial charge in [0.15, 0.2) is 0 Å². The van der Waals surface area contributed by atoms with E-state index in [9.17, 15) is 14.4 Å². The molecule has 3 unspecified atom stereocenters. The molecule has 3 aliphatic rings. The standard InChI is InChI=1S/C18H21N3O3/c1-10-7-19(10)16(22)13-4-14(17(23)20-8-11(20)2)6-15(5-13)18(24)21-9-12(21)3/h4-6,10-12H,7-9H2,1-3H3. The summed E-state index contributed by atoms with van der Waals surface area (Å²) in [4.78, 5) is 42.8. The van der Waals surface area contributed by atoms with Crippen LogP contribution in [0.2, 0.25) is 0 Å². The van der Waals surface area contributed by atoms with Gasteiger partial charge in [0.25, 0.3) is 17.7 Å². The number of amides is 3. The number of carbonyl (C=O) groups is 3. The highest BCUT2D eigenvalue weighted by molar-refractivity contribution is 6.06. The van der Waals surface area contributed by atoms with Crippen LogP contribution < -0.4 is 0 Å². The first-order valence-corrected chi connectivity index (χ1v) is 8.45. The highest BCUT2D eigenvalue weighted by atomic mass is 16.2. The second-order valence-electron chi connectivity index (χ2n) is 7.22. The van der Waals surface area contributed by atoms with Crippen LogP contribution in [0.25, 0.3) is 0 Å². The molecule has 24 heavy (non-hydrogen) atoms. The Balaban J connectivity index is 1.68. The van der Waals surface area contributed by atoms with Crippen molar-refractivity contribution in [1.29, 1.82) is 0 Å². The summed E-state index contributed by atoms with van der Waals surface area (Å²) in [5.41, 5.74) is 1.28. The number of carbonyl (C=O) groups excluding carboxylic acids is 3. The number of hydrogen-bond donors (Lipinski definition) is 0. The Bertz CT molecular complexity index is 648. The Morgan fingerprint density at radius 3 is 1.04 bits per heavy atom. The molecule has 6 heteroatoms. The third kappa shape index (κ3) is 2.56. The van der Waals surface area contributed by atoms with Gasteiger partial charge in [0.2, 0.25) is 0 Å². The summed E-state index contributed by atoms with van der Waals surface area (Å²) in [5, 5.41) is 0. The first kappa shape index (κ1) is 15.2. The van der Waals surface area contributed by atoms with Crippen molar-refractivity contribution < 1.29 is 14.4 Å². The maximum Gasteiger partial charge on any atom is 0.254 e. The van der Waals surface area contributed by atoms with Crippen LogP contribution in [0.1, 0.15) is 51.8 Å². The summed E-state index contributed by atoms with van der Waals surface area (Å²) in [6.07, 6.45) is 0. The summed E-state index contributed by atoms with van der Waals surface area (Å²) in [6, 6.07) is 5.58. The van der Waals surface area contributed by atoms with Crippen molar-refractivity contribution >= 4 is 17.7 Å². The average molecular weight is 327 g/mol. The minimum absolute atomic E-state index is 0.108.